The van der Waals surface area contributed by atoms with Crippen molar-refractivity contribution in [2.75, 3.05) is 17.1 Å². The highest BCUT2D eigenvalue weighted by molar-refractivity contribution is 7.92. The number of ketones is 1. The molecule has 0 saturated heterocycles. The Hall–Kier alpha value is -3.20. The summed E-state index contributed by atoms with van der Waals surface area (Å²) in [7, 11) is -3.86. The first kappa shape index (κ1) is 27.4. The van der Waals surface area contributed by atoms with Crippen molar-refractivity contribution in [3.63, 3.8) is 0 Å². The van der Waals surface area contributed by atoms with Crippen molar-refractivity contribution in [3.05, 3.63) is 65.2 Å². The number of benzene rings is 2. The van der Waals surface area contributed by atoms with Gasteiger partial charge in [0.15, 0.2) is 5.78 Å². The Kier molecular flexibility index (Phi) is 8.89. The minimum absolute atomic E-state index is 0.0946. The molecule has 1 fully saturated rings. The molecule has 194 valence electrons. The molecule has 1 N–H and O–H groups in total. The Labute approximate surface area is 213 Å². The van der Waals surface area contributed by atoms with Gasteiger partial charge in [0.1, 0.15) is 12.6 Å². The molecule has 1 aliphatic carbocycles. The SMILES string of the molecule is CC(=O)c1cccc(N(CC(=O)N(Cc2ccccc2C)C(C)C(=O)NC2CCCC2)S(C)(=O)=O)c1. The van der Waals surface area contributed by atoms with E-state index < -0.39 is 28.5 Å². The van der Waals surface area contributed by atoms with E-state index in [0.717, 1.165) is 47.4 Å². The molecule has 1 aliphatic rings. The molecule has 0 bridgehead atoms. The smallest absolute Gasteiger partial charge is 0.244 e. The van der Waals surface area contributed by atoms with Gasteiger partial charge in [-0.15, -0.1) is 0 Å². The lowest BCUT2D eigenvalue weighted by atomic mass is 10.1. The maximum absolute atomic E-state index is 13.7. The van der Waals surface area contributed by atoms with E-state index in [-0.39, 0.29) is 30.0 Å². The van der Waals surface area contributed by atoms with Crippen molar-refractivity contribution < 1.29 is 22.8 Å². The lowest BCUT2D eigenvalue weighted by molar-refractivity contribution is -0.139. The minimum atomic E-state index is -3.86. The lowest BCUT2D eigenvalue weighted by Crippen LogP contribution is -2.52. The van der Waals surface area contributed by atoms with Crippen LogP contribution in [-0.4, -0.2) is 55.8 Å². The van der Waals surface area contributed by atoms with Crippen LogP contribution in [0, 0.1) is 6.92 Å². The number of Topliss-reactive ketones (excluding diaryl/α,β-unsaturated/α-hetero) is 1. The standard InChI is InChI=1S/C27H35N3O5S/c1-19-10-5-6-11-23(19)17-29(20(2)27(33)28-24-13-7-8-14-24)26(32)18-30(36(4,34)35)25-15-9-12-22(16-25)21(3)31/h5-6,9-12,15-16,20,24H,7-8,13-14,17-18H2,1-4H3,(H,28,33). The van der Waals surface area contributed by atoms with Gasteiger partial charge in [0.2, 0.25) is 21.8 Å². The van der Waals surface area contributed by atoms with E-state index in [0.29, 0.717) is 5.56 Å². The zero-order chi connectivity index (χ0) is 26.5. The third-order valence-corrected chi connectivity index (χ3v) is 7.83. The van der Waals surface area contributed by atoms with Crippen molar-refractivity contribution in [1.29, 1.82) is 0 Å². The number of aryl methyl sites for hydroxylation is 1. The van der Waals surface area contributed by atoms with Gasteiger partial charge in [-0.25, -0.2) is 8.42 Å². The summed E-state index contributed by atoms with van der Waals surface area (Å²) in [5.41, 5.74) is 2.40. The van der Waals surface area contributed by atoms with Crippen LogP contribution in [0.25, 0.3) is 0 Å². The van der Waals surface area contributed by atoms with Crippen LogP contribution in [0.4, 0.5) is 5.69 Å². The number of carbonyl (C=O) groups excluding carboxylic acids is 3. The lowest BCUT2D eigenvalue weighted by Gasteiger charge is -2.32. The number of carbonyl (C=O) groups is 3. The number of rotatable bonds is 10. The van der Waals surface area contributed by atoms with E-state index in [2.05, 4.69) is 5.32 Å². The topological polar surface area (TPSA) is 104 Å². The average Bonchev–Trinajstić information content (AvgIpc) is 3.33. The van der Waals surface area contributed by atoms with Crippen LogP contribution in [0.2, 0.25) is 0 Å². The van der Waals surface area contributed by atoms with Gasteiger partial charge < -0.3 is 10.2 Å². The van der Waals surface area contributed by atoms with Crippen LogP contribution in [0.5, 0.6) is 0 Å². The number of hydrogen-bond donors (Lipinski definition) is 1. The first-order valence-electron chi connectivity index (χ1n) is 12.2. The molecule has 36 heavy (non-hydrogen) atoms. The fourth-order valence-corrected chi connectivity index (χ4v) is 5.28. The Morgan fingerprint density at radius 2 is 1.72 bits per heavy atom. The highest BCUT2D eigenvalue weighted by Gasteiger charge is 2.31. The highest BCUT2D eigenvalue weighted by Crippen LogP contribution is 2.22. The molecular weight excluding hydrogens is 478 g/mol. The van der Waals surface area contributed by atoms with Gasteiger partial charge in [-0.3, -0.25) is 18.7 Å². The molecule has 0 heterocycles. The van der Waals surface area contributed by atoms with Gasteiger partial charge in [-0.1, -0.05) is 49.2 Å². The molecule has 0 aromatic heterocycles. The fourth-order valence-electron chi connectivity index (χ4n) is 4.44. The van der Waals surface area contributed by atoms with Crippen LogP contribution in [0.15, 0.2) is 48.5 Å². The number of amides is 2. The van der Waals surface area contributed by atoms with Crippen LogP contribution in [-0.2, 0) is 26.2 Å². The fraction of sp³-hybridized carbons (Fsp3) is 0.444. The molecule has 2 amide bonds. The largest absolute Gasteiger partial charge is 0.352 e. The molecule has 1 atom stereocenters. The molecule has 8 nitrogen and oxygen atoms in total. The summed E-state index contributed by atoms with van der Waals surface area (Å²) in [6.45, 7) is 4.66. The van der Waals surface area contributed by atoms with Crippen molar-refractivity contribution in [2.24, 2.45) is 0 Å². The van der Waals surface area contributed by atoms with Crippen molar-refractivity contribution >= 4 is 33.3 Å². The first-order chi connectivity index (χ1) is 17.0. The second-order valence-electron chi connectivity index (χ2n) is 9.49. The second kappa shape index (κ2) is 11.7. The van der Waals surface area contributed by atoms with Crippen molar-refractivity contribution in [1.82, 2.24) is 10.2 Å². The molecule has 2 aromatic carbocycles. The van der Waals surface area contributed by atoms with Crippen LogP contribution in [0.1, 0.15) is 61.0 Å². The predicted molar refractivity (Wildman–Crippen MR) is 140 cm³/mol. The number of sulfonamides is 1. The minimum Gasteiger partial charge on any atom is -0.352 e. The predicted octanol–water partition coefficient (Wildman–Crippen LogP) is 3.44. The molecule has 1 saturated carbocycles. The molecule has 1 unspecified atom stereocenters. The average molecular weight is 514 g/mol. The Morgan fingerprint density at radius 1 is 1.06 bits per heavy atom. The summed E-state index contributed by atoms with van der Waals surface area (Å²) in [6.07, 6.45) is 4.97. The van der Waals surface area contributed by atoms with E-state index in [1.54, 1.807) is 25.1 Å². The summed E-state index contributed by atoms with van der Waals surface area (Å²) in [6, 6.07) is 13.0. The van der Waals surface area contributed by atoms with Crippen LogP contribution >= 0.6 is 0 Å². The summed E-state index contributed by atoms with van der Waals surface area (Å²) in [5.74, 6) is -0.977. The number of anilines is 1. The summed E-state index contributed by atoms with van der Waals surface area (Å²) >= 11 is 0. The zero-order valence-corrected chi connectivity index (χ0v) is 22.2. The quantitative estimate of drug-likeness (QED) is 0.490. The van der Waals surface area contributed by atoms with E-state index in [1.165, 1.54) is 17.9 Å². The van der Waals surface area contributed by atoms with Gasteiger partial charge in [0.05, 0.1) is 11.9 Å². The van der Waals surface area contributed by atoms with E-state index >= 15 is 0 Å². The van der Waals surface area contributed by atoms with E-state index in [1.807, 2.05) is 31.2 Å². The second-order valence-corrected chi connectivity index (χ2v) is 11.4. The molecule has 2 aromatic rings. The number of nitrogens with zero attached hydrogens (tertiary/aromatic N) is 2. The summed E-state index contributed by atoms with van der Waals surface area (Å²) in [4.78, 5) is 40.1. The van der Waals surface area contributed by atoms with Crippen molar-refractivity contribution in [3.8, 4) is 0 Å². The van der Waals surface area contributed by atoms with Gasteiger partial charge >= 0.3 is 0 Å². The molecule has 9 heteroatoms. The van der Waals surface area contributed by atoms with Gasteiger partial charge in [-0.2, -0.15) is 0 Å². The Morgan fingerprint density at radius 3 is 2.33 bits per heavy atom. The van der Waals surface area contributed by atoms with E-state index in [4.69, 9.17) is 0 Å². The van der Waals surface area contributed by atoms with Crippen LogP contribution in [0.3, 0.4) is 0 Å². The summed E-state index contributed by atoms with van der Waals surface area (Å²) < 4.78 is 26.4. The molecule has 0 aliphatic heterocycles. The van der Waals surface area contributed by atoms with Gasteiger partial charge in [-0.05, 0) is 56.9 Å². The summed E-state index contributed by atoms with van der Waals surface area (Å²) in [5, 5.41) is 3.05. The Balaban J connectivity index is 1.91. The Bertz CT molecular complexity index is 1220. The number of nitrogens with one attached hydrogen (secondary N) is 1. The monoisotopic (exact) mass is 513 g/mol. The molecule has 3 rings (SSSR count). The zero-order valence-electron chi connectivity index (χ0n) is 21.4. The molecule has 0 spiro atoms. The highest BCUT2D eigenvalue weighted by atomic mass is 32.2. The first-order valence-corrected chi connectivity index (χ1v) is 14.0. The van der Waals surface area contributed by atoms with Gasteiger partial charge in [0, 0.05) is 18.2 Å². The third-order valence-electron chi connectivity index (χ3n) is 6.69. The maximum Gasteiger partial charge on any atom is 0.244 e. The molecular formula is C27H35N3O5S. The normalized spacial score (nSPS) is 14.8. The third kappa shape index (κ3) is 6.94. The van der Waals surface area contributed by atoms with E-state index in [9.17, 15) is 22.8 Å². The van der Waals surface area contributed by atoms with Crippen molar-refractivity contribution in [2.45, 2.75) is 65.1 Å². The molecule has 0 radical (unpaired) electrons. The van der Waals surface area contributed by atoms with Gasteiger partial charge in [0.25, 0.3) is 0 Å². The van der Waals surface area contributed by atoms with Crippen LogP contribution < -0.4 is 9.62 Å². The maximum atomic E-state index is 13.7. The number of hydrogen-bond acceptors (Lipinski definition) is 5.